The van der Waals surface area contributed by atoms with Gasteiger partial charge in [0.2, 0.25) is 0 Å². The smallest absolute Gasteiger partial charge is 0.123 e. The Kier molecular flexibility index (Phi) is 6.35. The summed E-state index contributed by atoms with van der Waals surface area (Å²) >= 11 is 15.5. The highest BCUT2D eigenvalue weighted by Gasteiger charge is 2.01. The molecule has 17 heavy (non-hydrogen) atoms. The van der Waals surface area contributed by atoms with Gasteiger partial charge in [-0.05, 0) is 23.8 Å². The minimum atomic E-state index is -0.235. The molecule has 0 aliphatic heterocycles. The highest BCUT2D eigenvalue weighted by Crippen LogP contribution is 2.27. The molecule has 0 unspecified atom stereocenters. The zero-order valence-electron chi connectivity index (χ0n) is 8.84. The second kappa shape index (κ2) is 7.54. The van der Waals surface area contributed by atoms with Crippen LogP contribution in [0.25, 0.3) is 11.1 Å². The molecule has 4 heteroatoms. The molecule has 0 amide bonds. The first kappa shape index (κ1) is 14.3. The third kappa shape index (κ3) is 4.55. The van der Waals surface area contributed by atoms with Crippen LogP contribution in [-0.4, -0.2) is 5.34 Å². The lowest BCUT2D eigenvalue weighted by Crippen LogP contribution is -1.79. The van der Waals surface area contributed by atoms with E-state index >= 15 is 0 Å². The molecule has 0 nitrogen and oxygen atoms in total. The number of rotatable bonds is 1. The second-order valence-electron chi connectivity index (χ2n) is 3.09. The minimum absolute atomic E-state index is 0.194. The van der Waals surface area contributed by atoms with E-state index < -0.39 is 0 Å². The Balaban J connectivity index is 0.000000437. The van der Waals surface area contributed by atoms with Crippen molar-refractivity contribution < 1.29 is 4.39 Å². The fourth-order valence-corrected chi connectivity index (χ4v) is 1.57. The van der Waals surface area contributed by atoms with Gasteiger partial charge in [0.25, 0.3) is 0 Å². The lowest BCUT2D eigenvalue weighted by Gasteiger charge is -2.03. The molecule has 2 aromatic rings. The summed E-state index contributed by atoms with van der Waals surface area (Å²) in [7, 11) is 0. The molecule has 2 rings (SSSR count). The van der Waals surface area contributed by atoms with Crippen molar-refractivity contribution in [3.8, 4) is 11.1 Å². The van der Waals surface area contributed by atoms with E-state index in [0.717, 1.165) is 11.1 Å². The first-order chi connectivity index (χ1) is 8.19. The van der Waals surface area contributed by atoms with E-state index in [2.05, 4.69) is 0 Å². The van der Waals surface area contributed by atoms with Gasteiger partial charge in [0.05, 0.1) is 5.34 Å². The van der Waals surface area contributed by atoms with E-state index in [1.54, 1.807) is 12.1 Å². The van der Waals surface area contributed by atoms with Crippen molar-refractivity contribution >= 4 is 34.8 Å². The lowest BCUT2D eigenvalue weighted by molar-refractivity contribution is 0.628. The predicted octanol–water partition coefficient (Wildman–Crippen LogP) is 5.57. The monoisotopic (exact) mass is 290 g/mol. The topological polar surface area (TPSA) is 0 Å². The molecule has 0 aromatic heterocycles. The SMILES string of the molecule is ClCCl.Fc1ccc(-c2ccccc2Cl)cc1. The molecule has 0 saturated carbocycles. The van der Waals surface area contributed by atoms with E-state index in [0.29, 0.717) is 5.02 Å². The summed E-state index contributed by atoms with van der Waals surface area (Å²) in [4.78, 5) is 0. The van der Waals surface area contributed by atoms with Crippen LogP contribution in [0.1, 0.15) is 0 Å². The van der Waals surface area contributed by atoms with E-state index in [1.807, 2.05) is 24.3 Å². The Bertz CT molecular complexity index is 454. The van der Waals surface area contributed by atoms with Gasteiger partial charge in [-0.15, -0.1) is 23.2 Å². The van der Waals surface area contributed by atoms with Gasteiger partial charge in [0.15, 0.2) is 0 Å². The molecule has 0 radical (unpaired) electrons. The van der Waals surface area contributed by atoms with Gasteiger partial charge >= 0.3 is 0 Å². The van der Waals surface area contributed by atoms with Crippen LogP contribution in [0, 0.1) is 5.82 Å². The zero-order chi connectivity index (χ0) is 12.7. The van der Waals surface area contributed by atoms with Crippen LogP contribution >= 0.6 is 34.8 Å². The Labute approximate surface area is 115 Å². The molecule has 0 atom stereocenters. The summed E-state index contributed by atoms with van der Waals surface area (Å²) < 4.78 is 12.7. The molecule has 0 aliphatic rings. The van der Waals surface area contributed by atoms with Gasteiger partial charge in [0.1, 0.15) is 5.82 Å². The third-order valence-electron chi connectivity index (χ3n) is 2.03. The fraction of sp³-hybridized carbons (Fsp3) is 0.0769. The average Bonchev–Trinajstić information content (AvgIpc) is 2.32. The first-order valence-electron chi connectivity index (χ1n) is 4.81. The van der Waals surface area contributed by atoms with Crippen LogP contribution in [0.4, 0.5) is 4.39 Å². The van der Waals surface area contributed by atoms with Crippen molar-refractivity contribution in [2.45, 2.75) is 0 Å². The molecule has 0 heterocycles. The largest absolute Gasteiger partial charge is 0.207 e. The number of halogens is 4. The van der Waals surface area contributed by atoms with Crippen LogP contribution in [0.15, 0.2) is 48.5 Å². The highest BCUT2D eigenvalue weighted by molar-refractivity contribution is 6.40. The summed E-state index contributed by atoms with van der Waals surface area (Å²) in [6.07, 6.45) is 0. The molecule has 0 N–H and O–H groups in total. The number of benzene rings is 2. The number of alkyl halides is 2. The second-order valence-corrected chi connectivity index (χ2v) is 4.30. The fourth-order valence-electron chi connectivity index (χ4n) is 1.32. The molecule has 0 aliphatic carbocycles. The molecule has 0 fully saturated rings. The van der Waals surface area contributed by atoms with Crippen molar-refractivity contribution in [3.63, 3.8) is 0 Å². The Morgan fingerprint density at radius 2 is 1.41 bits per heavy atom. The maximum absolute atomic E-state index is 12.7. The van der Waals surface area contributed by atoms with E-state index in [-0.39, 0.29) is 11.2 Å². The normalized spacial score (nSPS) is 9.41. The van der Waals surface area contributed by atoms with E-state index in [9.17, 15) is 4.39 Å². The van der Waals surface area contributed by atoms with Gasteiger partial charge < -0.3 is 0 Å². The van der Waals surface area contributed by atoms with Gasteiger partial charge in [-0.25, -0.2) is 4.39 Å². The van der Waals surface area contributed by atoms with E-state index in [1.165, 1.54) is 12.1 Å². The molecule has 0 saturated heterocycles. The van der Waals surface area contributed by atoms with Crippen molar-refractivity contribution in [1.82, 2.24) is 0 Å². The molecular formula is C13H10Cl3F. The molecule has 90 valence electrons. The molecular weight excluding hydrogens is 282 g/mol. The van der Waals surface area contributed by atoms with Crippen molar-refractivity contribution in [3.05, 3.63) is 59.4 Å². The Morgan fingerprint density at radius 3 is 1.94 bits per heavy atom. The van der Waals surface area contributed by atoms with Gasteiger partial charge in [-0.3, -0.25) is 0 Å². The lowest BCUT2D eigenvalue weighted by atomic mass is 10.1. The quantitative estimate of drug-likeness (QED) is 0.603. The zero-order valence-corrected chi connectivity index (χ0v) is 11.1. The summed E-state index contributed by atoms with van der Waals surface area (Å²) in [6, 6.07) is 13.8. The summed E-state index contributed by atoms with van der Waals surface area (Å²) in [5, 5.41) is 0.874. The highest BCUT2D eigenvalue weighted by atomic mass is 35.5. The third-order valence-corrected chi connectivity index (χ3v) is 2.36. The van der Waals surface area contributed by atoms with Crippen molar-refractivity contribution in [1.29, 1.82) is 0 Å². The summed E-state index contributed by atoms with van der Waals surface area (Å²) in [6.45, 7) is 0. The van der Waals surface area contributed by atoms with Crippen molar-refractivity contribution in [2.75, 3.05) is 5.34 Å². The average molecular weight is 292 g/mol. The van der Waals surface area contributed by atoms with Crippen LogP contribution in [0.2, 0.25) is 5.02 Å². The van der Waals surface area contributed by atoms with Crippen LogP contribution in [0.3, 0.4) is 0 Å². The van der Waals surface area contributed by atoms with E-state index in [4.69, 9.17) is 34.8 Å². The predicted molar refractivity (Wildman–Crippen MR) is 73.4 cm³/mol. The van der Waals surface area contributed by atoms with Crippen LogP contribution in [-0.2, 0) is 0 Å². The number of hydrogen-bond acceptors (Lipinski definition) is 0. The minimum Gasteiger partial charge on any atom is -0.207 e. The Hall–Kier alpha value is -0.760. The Morgan fingerprint density at radius 1 is 0.882 bits per heavy atom. The molecule has 0 spiro atoms. The first-order valence-corrected chi connectivity index (χ1v) is 6.26. The van der Waals surface area contributed by atoms with Gasteiger partial charge in [-0.2, -0.15) is 0 Å². The molecule has 2 aromatic carbocycles. The maximum Gasteiger partial charge on any atom is 0.123 e. The van der Waals surface area contributed by atoms with Crippen LogP contribution in [0.5, 0.6) is 0 Å². The van der Waals surface area contributed by atoms with Gasteiger partial charge in [0, 0.05) is 10.6 Å². The summed E-state index contributed by atoms with van der Waals surface area (Å²) in [5.74, 6) is -0.235. The molecule has 0 bridgehead atoms. The maximum atomic E-state index is 12.7. The van der Waals surface area contributed by atoms with Gasteiger partial charge in [-0.1, -0.05) is 41.9 Å². The van der Waals surface area contributed by atoms with Crippen molar-refractivity contribution in [2.24, 2.45) is 0 Å². The van der Waals surface area contributed by atoms with Crippen LogP contribution < -0.4 is 0 Å². The number of hydrogen-bond donors (Lipinski definition) is 0. The standard InChI is InChI=1S/C12H8ClF.CH2Cl2/c13-12-4-2-1-3-11(12)9-5-7-10(14)8-6-9;2-1-3/h1-8H;1H2. The summed E-state index contributed by atoms with van der Waals surface area (Å²) in [5.41, 5.74) is 1.85.